The van der Waals surface area contributed by atoms with E-state index < -0.39 is 0 Å². The van der Waals surface area contributed by atoms with Crippen LogP contribution in [-0.4, -0.2) is 94.3 Å². The molecule has 0 bridgehead atoms. The van der Waals surface area contributed by atoms with Crippen molar-refractivity contribution >= 4 is 51.7 Å². The zero-order valence-corrected chi connectivity index (χ0v) is 25.4. The van der Waals surface area contributed by atoms with E-state index >= 15 is 0 Å². The summed E-state index contributed by atoms with van der Waals surface area (Å²) in [5, 5.41) is 9.27. The second-order valence-corrected chi connectivity index (χ2v) is 11.4. The van der Waals surface area contributed by atoms with E-state index in [2.05, 4.69) is 33.8 Å². The Morgan fingerprint density at radius 2 is 1.83 bits per heavy atom. The first-order chi connectivity index (χ1) is 20.3. The second kappa shape index (κ2) is 11.2. The number of piperidine rings is 1. The molecular weight excluding hydrogens is 579 g/mol. The average molecular weight is 612 g/mol. The number of hydrogen-bond acceptors (Lipinski definition) is 9. The fraction of sp³-hybridized carbons (Fsp3) is 0.414. The molecule has 2 aliphatic rings. The molecule has 1 saturated carbocycles. The monoisotopic (exact) mass is 610 g/mol. The van der Waals surface area contributed by atoms with Gasteiger partial charge in [-0.25, -0.2) is 9.97 Å². The topological polar surface area (TPSA) is 110 Å². The number of benzene rings is 1. The summed E-state index contributed by atoms with van der Waals surface area (Å²) in [4.78, 5) is 30.2. The average Bonchev–Trinajstić information content (AvgIpc) is 3.30. The van der Waals surface area contributed by atoms with Gasteiger partial charge in [0.25, 0.3) is 0 Å². The highest BCUT2D eigenvalue weighted by molar-refractivity contribution is 6.41. The van der Waals surface area contributed by atoms with Crippen molar-refractivity contribution in [2.24, 2.45) is 11.8 Å². The fourth-order valence-electron chi connectivity index (χ4n) is 6.18. The Labute approximate surface area is 253 Å². The third kappa shape index (κ3) is 4.79. The molecule has 220 valence electrons. The lowest BCUT2D eigenvalue weighted by Gasteiger charge is -2.23. The number of halogens is 2. The third-order valence-corrected chi connectivity index (χ3v) is 9.06. The van der Waals surface area contributed by atoms with Gasteiger partial charge in [-0.2, -0.15) is 9.50 Å². The Bertz CT molecular complexity index is 1670. The number of pyridine rings is 1. The fourth-order valence-corrected chi connectivity index (χ4v) is 6.88. The number of amides is 1. The van der Waals surface area contributed by atoms with Gasteiger partial charge in [0.1, 0.15) is 11.5 Å². The molecule has 4 heterocycles. The molecule has 2 fully saturated rings. The van der Waals surface area contributed by atoms with Crippen molar-refractivity contribution in [2.45, 2.75) is 18.9 Å². The highest BCUT2D eigenvalue weighted by Crippen LogP contribution is 2.49. The molecule has 1 aliphatic heterocycles. The highest BCUT2D eigenvalue weighted by atomic mass is 35.5. The quantitative estimate of drug-likeness (QED) is 0.264. The molecule has 42 heavy (non-hydrogen) atoms. The van der Waals surface area contributed by atoms with Crippen LogP contribution in [0, 0.1) is 11.8 Å². The molecule has 4 aromatic rings. The molecular formula is C29H32Cl2N8O3. The number of nitrogens with one attached hydrogen (secondary N) is 1. The number of carbonyl (C=O) groups is 1. The molecule has 1 aliphatic carbocycles. The number of aryl methyl sites for hydroxylation is 1. The van der Waals surface area contributed by atoms with Crippen LogP contribution in [0.5, 0.6) is 11.5 Å². The van der Waals surface area contributed by atoms with Gasteiger partial charge in [-0.3, -0.25) is 4.79 Å². The minimum absolute atomic E-state index is 0.0236. The maximum atomic E-state index is 11.9. The number of anilines is 1. The lowest BCUT2D eigenvalue weighted by atomic mass is 10.0. The van der Waals surface area contributed by atoms with Gasteiger partial charge in [0.2, 0.25) is 11.9 Å². The van der Waals surface area contributed by atoms with Gasteiger partial charge < -0.3 is 24.6 Å². The molecule has 3 aromatic heterocycles. The summed E-state index contributed by atoms with van der Waals surface area (Å²) in [6.45, 7) is 6.12. The van der Waals surface area contributed by atoms with E-state index in [1.165, 1.54) is 6.08 Å². The number of nitrogens with zero attached hydrogens (tertiary/aromatic N) is 7. The van der Waals surface area contributed by atoms with Crippen LogP contribution < -0.4 is 14.8 Å². The molecule has 13 heteroatoms. The normalized spacial score (nSPS) is 19.4. The zero-order chi connectivity index (χ0) is 29.7. The summed E-state index contributed by atoms with van der Waals surface area (Å²) >= 11 is 13.6. The summed E-state index contributed by atoms with van der Waals surface area (Å²) in [7, 11) is 7.00. The van der Waals surface area contributed by atoms with E-state index in [-0.39, 0.29) is 5.91 Å². The molecule has 1 N–H and O–H groups in total. The predicted molar refractivity (Wildman–Crippen MR) is 163 cm³/mol. The Balaban J connectivity index is 1.30. The molecule has 1 saturated heterocycles. The predicted octanol–water partition coefficient (Wildman–Crippen LogP) is 4.21. The zero-order valence-electron chi connectivity index (χ0n) is 23.9. The van der Waals surface area contributed by atoms with E-state index in [0.717, 1.165) is 31.4 Å². The largest absolute Gasteiger partial charge is 0.495 e. The molecule has 1 aromatic carbocycles. The van der Waals surface area contributed by atoms with Crippen LogP contribution >= 0.6 is 23.2 Å². The van der Waals surface area contributed by atoms with Crippen LogP contribution in [-0.2, 0) is 11.2 Å². The maximum Gasteiger partial charge on any atom is 0.245 e. The number of hydrogen-bond donors (Lipinski definition) is 1. The minimum Gasteiger partial charge on any atom is -0.495 e. The number of ether oxygens (including phenoxy) is 2. The third-order valence-electron chi connectivity index (χ3n) is 8.31. The maximum absolute atomic E-state index is 11.9. The number of rotatable bonds is 10. The van der Waals surface area contributed by atoms with Crippen molar-refractivity contribution < 1.29 is 14.3 Å². The number of aromatic nitrogens is 5. The van der Waals surface area contributed by atoms with Gasteiger partial charge in [-0.05, 0) is 44.0 Å². The van der Waals surface area contributed by atoms with Crippen molar-refractivity contribution in [3.8, 4) is 22.6 Å². The van der Waals surface area contributed by atoms with Crippen molar-refractivity contribution in [3.05, 3.63) is 46.9 Å². The lowest BCUT2D eigenvalue weighted by Crippen LogP contribution is -2.35. The van der Waals surface area contributed by atoms with E-state index in [9.17, 15) is 4.79 Å². The van der Waals surface area contributed by atoms with Crippen molar-refractivity contribution in [2.75, 3.05) is 53.3 Å². The number of fused-ring (bicyclic) bond motifs is 4. The van der Waals surface area contributed by atoms with Gasteiger partial charge in [0.15, 0.2) is 17.1 Å². The number of carbonyl (C=O) groups excluding carboxylic acids is 1. The summed E-state index contributed by atoms with van der Waals surface area (Å²) in [5.41, 5.74) is 2.36. The minimum atomic E-state index is 0.0236. The van der Waals surface area contributed by atoms with Crippen molar-refractivity contribution in [1.29, 1.82) is 0 Å². The number of likely N-dealkylation sites (tertiary alicyclic amines) is 1. The van der Waals surface area contributed by atoms with Crippen LogP contribution in [0.4, 0.5) is 5.95 Å². The van der Waals surface area contributed by atoms with E-state index in [1.54, 1.807) is 38.0 Å². The summed E-state index contributed by atoms with van der Waals surface area (Å²) < 4.78 is 12.8. The summed E-state index contributed by atoms with van der Waals surface area (Å²) in [6, 6.07) is 4.07. The first kappa shape index (κ1) is 28.4. The van der Waals surface area contributed by atoms with Gasteiger partial charge in [-0.15, -0.1) is 5.10 Å². The van der Waals surface area contributed by atoms with Crippen molar-refractivity contribution in [1.82, 2.24) is 34.4 Å². The van der Waals surface area contributed by atoms with Crippen LogP contribution in [0.1, 0.15) is 12.2 Å². The summed E-state index contributed by atoms with van der Waals surface area (Å²) in [5.74, 6) is 3.11. The molecule has 11 nitrogen and oxygen atoms in total. The second-order valence-electron chi connectivity index (χ2n) is 10.7. The standard InChI is InChI=1S/C29H32Cl2N8O3/c1-6-22(40)38-13-17-18(14-38)26(17)37(3)9-7-8-21-34-28-16(23-24(30)19(41-4)11-20(42-5)25(23)31)10-15-12-33-29(32-2)35-27(15)39(28)36-21/h6,10-12,17-18,26H,1,7-9,13-14H2,2-5H3,(H,32,33,35)/t17-,18+,26?. The SMILES string of the molecule is C=CC(=O)N1C[C@@H]2C(N(C)CCCc3nc4c(-c5c(Cl)c(OC)cc(OC)c5Cl)cc5cnc(NC)nc5n4n3)[C@@H]2C1. The van der Waals surface area contributed by atoms with E-state index in [0.29, 0.717) is 80.0 Å². The Morgan fingerprint density at radius 3 is 2.45 bits per heavy atom. The van der Waals surface area contributed by atoms with E-state index in [1.807, 2.05) is 11.0 Å². The number of methoxy groups -OCH3 is 2. The van der Waals surface area contributed by atoms with Crippen LogP contribution in [0.15, 0.2) is 31.0 Å². The Morgan fingerprint density at radius 1 is 1.14 bits per heavy atom. The van der Waals surface area contributed by atoms with Crippen LogP contribution in [0.25, 0.3) is 27.8 Å². The Kier molecular flexibility index (Phi) is 7.59. The van der Waals surface area contributed by atoms with Gasteiger partial charge in [0, 0.05) is 61.4 Å². The van der Waals surface area contributed by atoms with Crippen LogP contribution in [0.2, 0.25) is 10.0 Å². The van der Waals surface area contributed by atoms with E-state index in [4.69, 9.17) is 42.8 Å². The molecule has 1 amide bonds. The molecule has 0 spiro atoms. The highest BCUT2D eigenvalue weighted by Gasteiger charge is 2.57. The van der Waals surface area contributed by atoms with Gasteiger partial charge in [0.05, 0.1) is 24.3 Å². The molecule has 0 radical (unpaired) electrons. The first-order valence-electron chi connectivity index (χ1n) is 13.7. The lowest BCUT2D eigenvalue weighted by molar-refractivity contribution is -0.125. The first-order valence-corrected chi connectivity index (χ1v) is 14.5. The van der Waals surface area contributed by atoms with Crippen molar-refractivity contribution in [3.63, 3.8) is 0 Å². The molecule has 1 unspecified atom stereocenters. The molecule has 3 atom stereocenters. The smallest absolute Gasteiger partial charge is 0.245 e. The van der Waals surface area contributed by atoms with Gasteiger partial charge in [-0.1, -0.05) is 29.8 Å². The van der Waals surface area contributed by atoms with Crippen LogP contribution in [0.3, 0.4) is 0 Å². The summed E-state index contributed by atoms with van der Waals surface area (Å²) in [6.07, 6.45) is 4.67. The molecule has 6 rings (SSSR count). The van der Waals surface area contributed by atoms with Gasteiger partial charge >= 0.3 is 0 Å². The Hall–Kier alpha value is -3.67.